The van der Waals surface area contributed by atoms with Crippen LogP contribution in [0.3, 0.4) is 0 Å². The van der Waals surface area contributed by atoms with E-state index in [2.05, 4.69) is 24.3 Å². The summed E-state index contributed by atoms with van der Waals surface area (Å²) in [5.74, 6) is -0.0126. The number of carbonyl (C=O) groups excluding carboxylic acids is 1. The number of hydrogen-bond acceptors (Lipinski definition) is 3. The van der Waals surface area contributed by atoms with Crippen molar-refractivity contribution < 1.29 is 4.79 Å². The first kappa shape index (κ1) is 16.1. The predicted octanol–water partition coefficient (Wildman–Crippen LogP) is 2.74. The average molecular weight is 280 g/mol. The third-order valence-corrected chi connectivity index (χ3v) is 3.90. The standard InChI is InChI=1S/C15H24N2OS/c1-15(2,3)13(16)14(18)17(4)10-11-6-8-12(19-5)9-7-11/h6-9,13H,10,16H2,1-5H3. The lowest BCUT2D eigenvalue weighted by molar-refractivity contribution is -0.134. The van der Waals surface area contributed by atoms with E-state index < -0.39 is 6.04 Å². The van der Waals surface area contributed by atoms with E-state index in [9.17, 15) is 4.79 Å². The smallest absolute Gasteiger partial charge is 0.240 e. The first-order valence-electron chi connectivity index (χ1n) is 6.39. The molecule has 0 fully saturated rings. The van der Waals surface area contributed by atoms with Crippen molar-refractivity contribution in [2.75, 3.05) is 13.3 Å². The van der Waals surface area contributed by atoms with E-state index in [0.29, 0.717) is 6.54 Å². The van der Waals surface area contributed by atoms with E-state index in [1.54, 1.807) is 23.7 Å². The van der Waals surface area contributed by atoms with Gasteiger partial charge in [-0.1, -0.05) is 32.9 Å². The molecule has 0 aliphatic rings. The average Bonchev–Trinajstić information content (AvgIpc) is 2.36. The largest absolute Gasteiger partial charge is 0.340 e. The first-order valence-corrected chi connectivity index (χ1v) is 7.61. The van der Waals surface area contributed by atoms with E-state index in [4.69, 9.17) is 5.73 Å². The first-order chi connectivity index (χ1) is 8.75. The van der Waals surface area contributed by atoms with Crippen molar-refractivity contribution in [3.05, 3.63) is 29.8 Å². The van der Waals surface area contributed by atoms with E-state index in [0.717, 1.165) is 5.56 Å². The summed E-state index contributed by atoms with van der Waals surface area (Å²) in [5.41, 5.74) is 6.91. The molecule has 1 aromatic rings. The van der Waals surface area contributed by atoms with Crippen molar-refractivity contribution in [1.82, 2.24) is 4.90 Å². The third-order valence-electron chi connectivity index (χ3n) is 3.15. The van der Waals surface area contributed by atoms with Crippen LogP contribution in [0.4, 0.5) is 0 Å². The van der Waals surface area contributed by atoms with Crippen molar-refractivity contribution in [2.45, 2.75) is 38.3 Å². The molecule has 1 rings (SSSR count). The van der Waals surface area contributed by atoms with E-state index in [-0.39, 0.29) is 11.3 Å². The molecule has 4 heteroatoms. The molecular formula is C15H24N2OS. The SMILES string of the molecule is CSc1ccc(CN(C)C(=O)C(N)C(C)(C)C)cc1. The zero-order valence-corrected chi connectivity index (χ0v) is 13.3. The number of benzene rings is 1. The summed E-state index contributed by atoms with van der Waals surface area (Å²) >= 11 is 1.71. The Morgan fingerprint density at radius 2 is 1.84 bits per heavy atom. The lowest BCUT2D eigenvalue weighted by Crippen LogP contribution is -2.48. The fourth-order valence-corrected chi connectivity index (χ4v) is 2.10. The van der Waals surface area contributed by atoms with E-state index in [1.807, 2.05) is 27.0 Å². The molecular weight excluding hydrogens is 256 g/mol. The summed E-state index contributed by atoms with van der Waals surface area (Å²) in [6, 6.07) is 7.78. The second-order valence-corrected chi connectivity index (χ2v) is 6.77. The number of thioether (sulfide) groups is 1. The van der Waals surface area contributed by atoms with Gasteiger partial charge in [0, 0.05) is 18.5 Å². The highest BCUT2D eigenvalue weighted by Gasteiger charge is 2.29. The number of carbonyl (C=O) groups is 1. The summed E-state index contributed by atoms with van der Waals surface area (Å²) in [6.07, 6.45) is 2.05. The summed E-state index contributed by atoms with van der Waals surface area (Å²) in [5, 5.41) is 0. The van der Waals surface area contributed by atoms with Gasteiger partial charge in [0.25, 0.3) is 0 Å². The highest BCUT2D eigenvalue weighted by atomic mass is 32.2. The molecule has 1 amide bonds. The fourth-order valence-electron chi connectivity index (χ4n) is 1.69. The predicted molar refractivity (Wildman–Crippen MR) is 82.1 cm³/mol. The summed E-state index contributed by atoms with van der Waals surface area (Å²) < 4.78 is 0. The van der Waals surface area contributed by atoms with Crippen LogP contribution in [0, 0.1) is 5.41 Å². The molecule has 0 bridgehead atoms. The summed E-state index contributed by atoms with van der Waals surface area (Å²) in [6.45, 7) is 6.54. The Bertz CT molecular complexity index is 423. The lowest BCUT2D eigenvalue weighted by atomic mass is 9.86. The number of likely N-dealkylation sites (N-methyl/N-ethyl adjacent to an activating group) is 1. The normalized spacial score (nSPS) is 13.2. The zero-order chi connectivity index (χ0) is 14.6. The maximum Gasteiger partial charge on any atom is 0.240 e. The van der Waals surface area contributed by atoms with Crippen LogP contribution < -0.4 is 5.73 Å². The molecule has 1 atom stereocenters. The van der Waals surface area contributed by atoms with Gasteiger partial charge in [-0.25, -0.2) is 0 Å². The molecule has 0 saturated heterocycles. The molecule has 1 aromatic carbocycles. The van der Waals surface area contributed by atoms with Crippen LogP contribution in [0.25, 0.3) is 0 Å². The van der Waals surface area contributed by atoms with Crippen LogP contribution in [0.1, 0.15) is 26.3 Å². The monoisotopic (exact) mass is 280 g/mol. The van der Waals surface area contributed by atoms with Crippen LogP contribution in [0.2, 0.25) is 0 Å². The van der Waals surface area contributed by atoms with Gasteiger partial charge in [-0.15, -0.1) is 11.8 Å². The van der Waals surface area contributed by atoms with Crippen LogP contribution in [0.15, 0.2) is 29.2 Å². The van der Waals surface area contributed by atoms with Gasteiger partial charge >= 0.3 is 0 Å². The summed E-state index contributed by atoms with van der Waals surface area (Å²) in [7, 11) is 1.80. The van der Waals surface area contributed by atoms with E-state index in [1.165, 1.54) is 4.90 Å². The molecule has 0 heterocycles. The highest BCUT2D eigenvalue weighted by molar-refractivity contribution is 7.98. The van der Waals surface area contributed by atoms with Crippen LogP contribution >= 0.6 is 11.8 Å². The second kappa shape index (κ2) is 6.44. The number of nitrogens with two attached hydrogens (primary N) is 1. The lowest BCUT2D eigenvalue weighted by Gasteiger charge is -2.30. The van der Waals surface area contributed by atoms with Gasteiger partial charge in [0.2, 0.25) is 5.91 Å². The molecule has 0 aliphatic heterocycles. The molecule has 0 radical (unpaired) electrons. The molecule has 0 aromatic heterocycles. The van der Waals surface area contributed by atoms with Crippen molar-refractivity contribution in [2.24, 2.45) is 11.1 Å². The molecule has 19 heavy (non-hydrogen) atoms. The Hall–Kier alpha value is -1.00. The molecule has 3 nitrogen and oxygen atoms in total. The minimum absolute atomic E-state index is 0.0126. The van der Waals surface area contributed by atoms with Gasteiger partial charge in [0.15, 0.2) is 0 Å². The van der Waals surface area contributed by atoms with Gasteiger partial charge in [0.05, 0.1) is 6.04 Å². The molecule has 0 spiro atoms. The maximum absolute atomic E-state index is 12.2. The van der Waals surface area contributed by atoms with Crippen molar-refractivity contribution in [1.29, 1.82) is 0 Å². The quantitative estimate of drug-likeness (QED) is 0.863. The van der Waals surface area contributed by atoms with Gasteiger partial charge < -0.3 is 10.6 Å². The zero-order valence-electron chi connectivity index (χ0n) is 12.4. The molecule has 106 valence electrons. The number of hydrogen-bond donors (Lipinski definition) is 1. The minimum Gasteiger partial charge on any atom is -0.340 e. The van der Waals surface area contributed by atoms with Crippen molar-refractivity contribution >= 4 is 17.7 Å². The molecule has 0 aliphatic carbocycles. The topological polar surface area (TPSA) is 46.3 Å². The minimum atomic E-state index is -0.469. The Morgan fingerprint density at radius 3 is 2.26 bits per heavy atom. The van der Waals surface area contributed by atoms with Crippen molar-refractivity contribution in [3.8, 4) is 0 Å². The number of nitrogens with zero attached hydrogens (tertiary/aromatic N) is 1. The Kier molecular flexibility index (Phi) is 5.44. The molecule has 1 unspecified atom stereocenters. The fraction of sp³-hybridized carbons (Fsp3) is 0.533. The van der Waals surface area contributed by atoms with Gasteiger partial charge in [-0.2, -0.15) is 0 Å². The van der Waals surface area contributed by atoms with Crippen LogP contribution in [0.5, 0.6) is 0 Å². The van der Waals surface area contributed by atoms with Crippen LogP contribution in [-0.2, 0) is 11.3 Å². The number of amides is 1. The molecule has 2 N–H and O–H groups in total. The van der Waals surface area contributed by atoms with Gasteiger partial charge in [-0.05, 0) is 29.4 Å². The van der Waals surface area contributed by atoms with Gasteiger partial charge in [0.1, 0.15) is 0 Å². The van der Waals surface area contributed by atoms with Crippen molar-refractivity contribution in [3.63, 3.8) is 0 Å². The maximum atomic E-state index is 12.2. The van der Waals surface area contributed by atoms with E-state index >= 15 is 0 Å². The van der Waals surface area contributed by atoms with Crippen LogP contribution in [-0.4, -0.2) is 30.2 Å². The summed E-state index contributed by atoms with van der Waals surface area (Å²) in [4.78, 5) is 15.1. The molecule has 0 saturated carbocycles. The Balaban J connectivity index is 2.68. The highest BCUT2D eigenvalue weighted by Crippen LogP contribution is 2.20. The van der Waals surface area contributed by atoms with Gasteiger partial charge in [-0.3, -0.25) is 4.79 Å². The Morgan fingerprint density at radius 1 is 1.32 bits per heavy atom. The second-order valence-electron chi connectivity index (χ2n) is 5.89. The Labute approximate surface area is 120 Å². The third kappa shape index (κ3) is 4.55. The number of rotatable bonds is 4.